The Morgan fingerprint density at radius 2 is 2.10 bits per heavy atom. The number of hydrogen-bond acceptors (Lipinski definition) is 4. The molecule has 0 unspecified atom stereocenters. The molecule has 0 bridgehead atoms. The van der Waals surface area contributed by atoms with Gasteiger partial charge in [-0.3, -0.25) is 9.35 Å². The molecule has 0 heterocycles. The van der Waals surface area contributed by atoms with Crippen molar-refractivity contribution in [3.05, 3.63) is 0 Å². The third-order valence-corrected chi connectivity index (χ3v) is 1.05. The highest BCUT2D eigenvalue weighted by Crippen LogP contribution is 1.87. The molecule has 10 heavy (non-hydrogen) atoms. The van der Waals surface area contributed by atoms with E-state index in [2.05, 4.69) is 9.92 Å². The van der Waals surface area contributed by atoms with Crippen molar-refractivity contribution in [2.45, 2.75) is 6.42 Å². The minimum Gasteiger partial charge on any atom is -0.370 e. The van der Waals surface area contributed by atoms with Crippen LogP contribution in [0.15, 0.2) is 0 Å². The Balaban J connectivity index is 3.49. The number of amides is 1. The maximum atomic E-state index is 9.95. The van der Waals surface area contributed by atoms with Gasteiger partial charge in [0.15, 0.2) is 0 Å². The van der Waals surface area contributed by atoms with Crippen LogP contribution in [0.3, 0.4) is 0 Å². The van der Waals surface area contributed by atoms with Gasteiger partial charge < -0.3 is 5.73 Å². The van der Waals surface area contributed by atoms with Gasteiger partial charge in [0.1, 0.15) is 0 Å². The fourth-order valence-corrected chi connectivity index (χ4v) is 0.542. The minimum atomic E-state index is -4.43. The van der Waals surface area contributed by atoms with Crippen molar-refractivity contribution in [2.24, 2.45) is 5.73 Å². The average Bonchev–Trinajstić information content (AvgIpc) is 1.59. The molecular formula is C3H7NO5S. The zero-order valence-electron chi connectivity index (χ0n) is 4.98. The van der Waals surface area contributed by atoms with Gasteiger partial charge in [-0.25, -0.2) is 4.18 Å². The topological polar surface area (TPSA) is 107 Å². The molecule has 0 fully saturated rings. The van der Waals surface area contributed by atoms with E-state index in [0.29, 0.717) is 0 Å². The lowest BCUT2D eigenvalue weighted by molar-refractivity contribution is -0.118. The van der Waals surface area contributed by atoms with Gasteiger partial charge in [-0.15, -0.1) is 0 Å². The Labute approximate surface area is 57.9 Å². The highest BCUT2D eigenvalue weighted by Gasteiger charge is 2.04. The molecule has 1 amide bonds. The number of rotatable bonds is 4. The summed E-state index contributed by atoms with van der Waals surface area (Å²) in [5.74, 6) is -0.691. The third-order valence-electron chi connectivity index (χ3n) is 0.581. The molecule has 7 heteroatoms. The van der Waals surface area contributed by atoms with E-state index >= 15 is 0 Å². The van der Waals surface area contributed by atoms with Gasteiger partial charge in [0.05, 0.1) is 13.0 Å². The van der Waals surface area contributed by atoms with E-state index in [0.717, 1.165) is 0 Å². The largest absolute Gasteiger partial charge is 0.397 e. The Morgan fingerprint density at radius 3 is 2.40 bits per heavy atom. The van der Waals surface area contributed by atoms with Crippen LogP contribution in [0, 0.1) is 0 Å². The van der Waals surface area contributed by atoms with Gasteiger partial charge in [-0.05, 0) is 0 Å². The second-order valence-corrected chi connectivity index (χ2v) is 2.56. The predicted octanol–water partition coefficient (Wildman–Crippen LogP) is -1.32. The van der Waals surface area contributed by atoms with Crippen LogP contribution >= 0.6 is 0 Å². The van der Waals surface area contributed by atoms with Gasteiger partial charge >= 0.3 is 10.4 Å². The summed E-state index contributed by atoms with van der Waals surface area (Å²) in [5.41, 5.74) is 4.63. The van der Waals surface area contributed by atoms with E-state index in [1.54, 1.807) is 0 Å². The summed E-state index contributed by atoms with van der Waals surface area (Å²) in [6.07, 6.45) is -0.236. The predicted molar refractivity (Wildman–Crippen MR) is 31.3 cm³/mol. The summed E-state index contributed by atoms with van der Waals surface area (Å²) >= 11 is 0. The first-order valence-electron chi connectivity index (χ1n) is 2.32. The van der Waals surface area contributed by atoms with Gasteiger partial charge in [-0.2, -0.15) is 8.42 Å². The van der Waals surface area contributed by atoms with E-state index in [4.69, 9.17) is 4.55 Å². The first-order chi connectivity index (χ1) is 4.42. The molecule has 0 aliphatic heterocycles. The molecule has 0 saturated carbocycles. The summed E-state index contributed by atoms with van der Waals surface area (Å²) in [7, 11) is -4.43. The standard InChI is InChI=1S/C3H7NO5S/c4-3(5)1-2-9-10(6,7)8/h1-2H2,(H2,4,5)(H,6,7,8). The van der Waals surface area contributed by atoms with Gasteiger partial charge in [0, 0.05) is 0 Å². The molecule has 0 aliphatic rings. The van der Waals surface area contributed by atoms with Crippen LogP contribution in [0.25, 0.3) is 0 Å². The van der Waals surface area contributed by atoms with Crippen LogP contribution in [-0.2, 0) is 19.4 Å². The van der Waals surface area contributed by atoms with Crippen LogP contribution in [0.2, 0.25) is 0 Å². The number of primary amides is 1. The van der Waals surface area contributed by atoms with Crippen LogP contribution in [0.1, 0.15) is 6.42 Å². The zero-order chi connectivity index (χ0) is 8.20. The van der Waals surface area contributed by atoms with Gasteiger partial charge in [-0.1, -0.05) is 0 Å². The molecule has 0 aromatic carbocycles. The van der Waals surface area contributed by atoms with Crippen LogP contribution in [0.4, 0.5) is 0 Å². The van der Waals surface area contributed by atoms with E-state index in [1.165, 1.54) is 0 Å². The van der Waals surface area contributed by atoms with Crippen molar-refractivity contribution in [1.82, 2.24) is 0 Å². The molecule has 60 valence electrons. The molecule has 0 radical (unpaired) electrons. The van der Waals surface area contributed by atoms with E-state index in [-0.39, 0.29) is 6.42 Å². The third kappa shape index (κ3) is 7.34. The minimum absolute atomic E-state index is 0.236. The fraction of sp³-hybridized carbons (Fsp3) is 0.667. The van der Waals surface area contributed by atoms with Crippen LogP contribution in [-0.4, -0.2) is 25.5 Å². The maximum absolute atomic E-state index is 9.95. The number of nitrogens with two attached hydrogens (primary N) is 1. The monoisotopic (exact) mass is 169 g/mol. The van der Waals surface area contributed by atoms with Crippen molar-refractivity contribution in [3.63, 3.8) is 0 Å². The second kappa shape index (κ2) is 3.49. The lowest BCUT2D eigenvalue weighted by atomic mass is 10.4. The summed E-state index contributed by atoms with van der Waals surface area (Å²) in [6.45, 7) is -0.422. The van der Waals surface area contributed by atoms with Crippen LogP contribution < -0.4 is 5.73 Å². The Bertz CT molecular complexity index is 207. The van der Waals surface area contributed by atoms with Crippen molar-refractivity contribution < 1.29 is 21.9 Å². The summed E-state index contributed by atoms with van der Waals surface area (Å²) in [4.78, 5) is 9.95. The van der Waals surface area contributed by atoms with Crippen molar-refractivity contribution in [3.8, 4) is 0 Å². The summed E-state index contributed by atoms with van der Waals surface area (Å²) in [5, 5.41) is 0. The molecule has 0 spiro atoms. The smallest absolute Gasteiger partial charge is 0.370 e. The molecule has 0 saturated heterocycles. The van der Waals surface area contributed by atoms with E-state index in [1.807, 2.05) is 0 Å². The molecule has 3 N–H and O–H groups in total. The fourth-order valence-electron chi connectivity index (χ4n) is 0.248. The number of hydrogen-bond donors (Lipinski definition) is 2. The molecule has 0 rings (SSSR count). The van der Waals surface area contributed by atoms with Crippen molar-refractivity contribution in [1.29, 1.82) is 0 Å². The molecule has 0 atom stereocenters. The lowest BCUT2D eigenvalue weighted by Crippen LogP contribution is -2.15. The van der Waals surface area contributed by atoms with E-state index < -0.39 is 22.9 Å². The Hall–Kier alpha value is -0.660. The van der Waals surface area contributed by atoms with Gasteiger partial charge in [0.25, 0.3) is 0 Å². The number of carbonyl (C=O) groups is 1. The Kier molecular flexibility index (Phi) is 3.26. The quantitative estimate of drug-likeness (QED) is 0.507. The maximum Gasteiger partial charge on any atom is 0.397 e. The SMILES string of the molecule is NC(=O)CCOS(=O)(=O)O. The van der Waals surface area contributed by atoms with Crippen molar-refractivity contribution >= 4 is 16.3 Å². The lowest BCUT2D eigenvalue weighted by Gasteiger charge is -1.94. The second-order valence-electron chi connectivity index (χ2n) is 1.47. The molecule has 0 aromatic rings. The summed E-state index contributed by atoms with van der Waals surface area (Å²) < 4.78 is 31.3. The first-order valence-corrected chi connectivity index (χ1v) is 3.68. The molecular weight excluding hydrogens is 162 g/mol. The molecule has 6 nitrogen and oxygen atoms in total. The number of carbonyl (C=O) groups excluding carboxylic acids is 1. The zero-order valence-corrected chi connectivity index (χ0v) is 5.80. The Morgan fingerprint density at radius 1 is 1.60 bits per heavy atom. The molecule has 0 aromatic heterocycles. The van der Waals surface area contributed by atoms with Crippen LogP contribution in [0.5, 0.6) is 0 Å². The summed E-state index contributed by atoms with van der Waals surface area (Å²) in [6, 6.07) is 0. The van der Waals surface area contributed by atoms with Crippen molar-refractivity contribution in [2.75, 3.05) is 6.61 Å². The average molecular weight is 169 g/mol. The molecule has 0 aliphatic carbocycles. The van der Waals surface area contributed by atoms with Gasteiger partial charge in [0.2, 0.25) is 5.91 Å². The van der Waals surface area contributed by atoms with E-state index in [9.17, 15) is 13.2 Å². The normalized spacial score (nSPS) is 11.3. The first kappa shape index (κ1) is 9.34. The highest BCUT2D eigenvalue weighted by molar-refractivity contribution is 7.80. The highest BCUT2D eigenvalue weighted by atomic mass is 32.3.